The molecule has 5 nitrogen and oxygen atoms in total. The number of hydrogen-bond donors (Lipinski definition) is 2. The summed E-state index contributed by atoms with van der Waals surface area (Å²) in [7, 11) is 1.72. The average Bonchev–Trinajstić information content (AvgIpc) is 2.66. The van der Waals surface area contributed by atoms with E-state index in [-0.39, 0.29) is 16.9 Å². The summed E-state index contributed by atoms with van der Waals surface area (Å²) in [5.74, 6) is -0.362. The highest BCUT2D eigenvalue weighted by Gasteiger charge is 2.17. The molecule has 0 radical (unpaired) electrons. The van der Waals surface area contributed by atoms with E-state index in [0.29, 0.717) is 24.2 Å². The molecule has 0 saturated carbocycles. The lowest BCUT2D eigenvalue weighted by atomic mass is 10.1. The highest BCUT2D eigenvalue weighted by atomic mass is 32.1. The van der Waals surface area contributed by atoms with E-state index >= 15 is 0 Å². The van der Waals surface area contributed by atoms with Crippen molar-refractivity contribution < 1.29 is 9.59 Å². The summed E-state index contributed by atoms with van der Waals surface area (Å²) >= 11 is 5.25. The zero-order chi connectivity index (χ0) is 18.2. The monoisotopic (exact) mass is 355 g/mol. The van der Waals surface area contributed by atoms with Crippen LogP contribution in [0.25, 0.3) is 0 Å². The van der Waals surface area contributed by atoms with Gasteiger partial charge in [-0.05, 0) is 29.9 Å². The summed E-state index contributed by atoms with van der Waals surface area (Å²) in [5, 5.41) is 5.80. The Hall–Kier alpha value is -2.73. The molecule has 0 fully saturated rings. The lowest BCUT2D eigenvalue weighted by Crippen LogP contribution is -2.41. The lowest BCUT2D eigenvalue weighted by Gasteiger charge is -2.22. The summed E-state index contributed by atoms with van der Waals surface area (Å²) in [6.45, 7) is 2.19. The molecule has 2 N–H and O–H groups in total. The van der Waals surface area contributed by atoms with Crippen LogP contribution in [0.3, 0.4) is 0 Å². The minimum Gasteiger partial charge on any atom is -0.348 e. The van der Waals surface area contributed by atoms with Gasteiger partial charge in [0.2, 0.25) is 5.91 Å². The van der Waals surface area contributed by atoms with E-state index in [0.717, 1.165) is 5.56 Å². The lowest BCUT2D eigenvalue weighted by molar-refractivity contribution is -0.119. The van der Waals surface area contributed by atoms with Crippen LogP contribution in [0.2, 0.25) is 0 Å². The van der Waals surface area contributed by atoms with Gasteiger partial charge >= 0.3 is 0 Å². The van der Waals surface area contributed by atoms with Gasteiger partial charge in [0.15, 0.2) is 5.11 Å². The Morgan fingerprint density at radius 1 is 1.04 bits per heavy atom. The molecular weight excluding hydrogens is 334 g/mol. The predicted molar refractivity (Wildman–Crippen MR) is 103 cm³/mol. The van der Waals surface area contributed by atoms with E-state index < -0.39 is 0 Å². The Kier molecular flexibility index (Phi) is 6.65. The van der Waals surface area contributed by atoms with Gasteiger partial charge in [0.25, 0.3) is 5.91 Å². The highest BCUT2D eigenvalue weighted by Crippen LogP contribution is 2.19. The van der Waals surface area contributed by atoms with Gasteiger partial charge < -0.3 is 15.5 Å². The standard InChI is InChI=1S/C19H21N3O2S/c1-3-17(23)21-19(25)22(2)16-12-8-7-11-15(16)18(24)20-13-14-9-5-4-6-10-14/h4-12H,3,13H2,1-2H3,(H,20,24)(H,21,23,25). The average molecular weight is 355 g/mol. The molecule has 6 heteroatoms. The fourth-order valence-electron chi connectivity index (χ4n) is 2.23. The van der Waals surface area contributed by atoms with E-state index in [4.69, 9.17) is 12.2 Å². The van der Waals surface area contributed by atoms with E-state index in [9.17, 15) is 9.59 Å². The summed E-state index contributed by atoms with van der Waals surface area (Å²) in [6, 6.07) is 16.8. The van der Waals surface area contributed by atoms with Crippen molar-refractivity contribution in [1.29, 1.82) is 0 Å². The number of para-hydroxylation sites is 1. The molecule has 0 aromatic heterocycles. The molecule has 0 atom stereocenters. The van der Waals surface area contributed by atoms with Crippen molar-refractivity contribution in [2.45, 2.75) is 19.9 Å². The SMILES string of the molecule is CCC(=O)NC(=S)N(C)c1ccccc1C(=O)NCc1ccccc1. The van der Waals surface area contributed by atoms with E-state index in [2.05, 4.69) is 10.6 Å². The molecule has 2 rings (SSSR count). The van der Waals surface area contributed by atoms with E-state index in [1.54, 1.807) is 37.1 Å². The van der Waals surface area contributed by atoms with Gasteiger partial charge in [-0.3, -0.25) is 9.59 Å². The number of amides is 2. The Bertz CT molecular complexity index is 762. The third-order valence-electron chi connectivity index (χ3n) is 3.68. The fraction of sp³-hybridized carbons (Fsp3) is 0.211. The van der Waals surface area contributed by atoms with Crippen molar-refractivity contribution in [2.24, 2.45) is 0 Å². The van der Waals surface area contributed by atoms with Crippen molar-refractivity contribution in [3.05, 3.63) is 65.7 Å². The molecule has 0 aliphatic carbocycles. The number of hydrogen-bond acceptors (Lipinski definition) is 3. The fourth-order valence-corrected chi connectivity index (χ4v) is 2.44. The summed E-state index contributed by atoms with van der Waals surface area (Å²) < 4.78 is 0. The largest absolute Gasteiger partial charge is 0.348 e. The molecule has 0 heterocycles. The summed E-state index contributed by atoms with van der Waals surface area (Å²) in [5.41, 5.74) is 2.15. The number of carbonyl (C=O) groups is 2. The smallest absolute Gasteiger partial charge is 0.253 e. The van der Waals surface area contributed by atoms with E-state index in [1.165, 1.54) is 0 Å². The first-order chi connectivity index (χ1) is 12.0. The number of rotatable bonds is 5. The number of benzene rings is 2. The van der Waals surface area contributed by atoms with Gasteiger partial charge in [0.1, 0.15) is 0 Å². The van der Waals surface area contributed by atoms with Crippen LogP contribution in [0.5, 0.6) is 0 Å². The van der Waals surface area contributed by atoms with Crippen LogP contribution < -0.4 is 15.5 Å². The summed E-state index contributed by atoms with van der Waals surface area (Å²) in [4.78, 5) is 25.7. The van der Waals surface area contributed by atoms with Crippen molar-refractivity contribution in [2.75, 3.05) is 11.9 Å². The topological polar surface area (TPSA) is 61.4 Å². The highest BCUT2D eigenvalue weighted by molar-refractivity contribution is 7.80. The van der Waals surface area contributed by atoms with E-state index in [1.807, 2.05) is 36.4 Å². The van der Waals surface area contributed by atoms with Gasteiger partial charge in [-0.15, -0.1) is 0 Å². The number of nitrogens with zero attached hydrogens (tertiary/aromatic N) is 1. The zero-order valence-corrected chi connectivity index (χ0v) is 15.1. The molecule has 2 amide bonds. The molecule has 2 aromatic carbocycles. The van der Waals surface area contributed by atoms with Crippen molar-refractivity contribution in [3.8, 4) is 0 Å². The van der Waals surface area contributed by atoms with Crippen molar-refractivity contribution >= 4 is 34.8 Å². The Morgan fingerprint density at radius 2 is 1.68 bits per heavy atom. The van der Waals surface area contributed by atoms with Crippen LogP contribution in [0, 0.1) is 0 Å². The maximum Gasteiger partial charge on any atom is 0.253 e. The molecule has 130 valence electrons. The third-order valence-corrected chi connectivity index (χ3v) is 4.05. The van der Waals surface area contributed by atoms with Crippen LogP contribution in [0.15, 0.2) is 54.6 Å². The van der Waals surface area contributed by atoms with Gasteiger partial charge in [-0.1, -0.05) is 49.4 Å². The molecule has 0 aliphatic rings. The second kappa shape index (κ2) is 8.94. The van der Waals surface area contributed by atoms with Crippen LogP contribution in [-0.4, -0.2) is 24.0 Å². The van der Waals surface area contributed by atoms with Gasteiger partial charge in [-0.25, -0.2) is 0 Å². The number of carbonyl (C=O) groups excluding carboxylic acids is 2. The Labute approximate surface area is 153 Å². The summed E-state index contributed by atoms with van der Waals surface area (Å²) in [6.07, 6.45) is 0.340. The number of nitrogens with one attached hydrogen (secondary N) is 2. The first-order valence-corrected chi connectivity index (χ1v) is 8.42. The minimum absolute atomic E-state index is 0.164. The molecule has 0 saturated heterocycles. The Balaban J connectivity index is 2.12. The van der Waals surface area contributed by atoms with Gasteiger partial charge in [0, 0.05) is 20.0 Å². The van der Waals surface area contributed by atoms with Crippen LogP contribution >= 0.6 is 12.2 Å². The van der Waals surface area contributed by atoms with Crippen LogP contribution in [0.1, 0.15) is 29.3 Å². The third kappa shape index (κ3) is 5.12. The maximum atomic E-state index is 12.6. The predicted octanol–water partition coefficient (Wildman–Crippen LogP) is 2.86. The zero-order valence-electron chi connectivity index (χ0n) is 14.3. The molecule has 2 aromatic rings. The van der Waals surface area contributed by atoms with Gasteiger partial charge in [-0.2, -0.15) is 0 Å². The van der Waals surface area contributed by atoms with Gasteiger partial charge in [0.05, 0.1) is 11.3 Å². The first kappa shape index (κ1) is 18.6. The van der Waals surface area contributed by atoms with Crippen molar-refractivity contribution in [3.63, 3.8) is 0 Å². The molecule has 0 unspecified atom stereocenters. The van der Waals surface area contributed by atoms with Crippen LogP contribution in [-0.2, 0) is 11.3 Å². The molecule has 25 heavy (non-hydrogen) atoms. The molecule has 0 bridgehead atoms. The number of thiocarbonyl (C=S) groups is 1. The Morgan fingerprint density at radius 3 is 2.36 bits per heavy atom. The van der Waals surface area contributed by atoms with Crippen molar-refractivity contribution in [1.82, 2.24) is 10.6 Å². The second-order valence-corrected chi connectivity index (χ2v) is 5.84. The first-order valence-electron chi connectivity index (χ1n) is 8.01. The quantitative estimate of drug-likeness (QED) is 0.810. The second-order valence-electron chi connectivity index (χ2n) is 5.45. The normalized spacial score (nSPS) is 10.0. The van der Waals surface area contributed by atoms with Crippen LogP contribution in [0.4, 0.5) is 5.69 Å². The minimum atomic E-state index is -0.198. The molecule has 0 spiro atoms. The molecular formula is C19H21N3O2S. The number of anilines is 1. The molecule has 0 aliphatic heterocycles. The maximum absolute atomic E-state index is 12.6.